The molecule has 1 unspecified atom stereocenters. The Kier molecular flexibility index (Phi) is 5.54. The van der Waals surface area contributed by atoms with Crippen LogP contribution in [0.25, 0.3) is 11.1 Å². The van der Waals surface area contributed by atoms with Crippen LogP contribution < -0.4 is 5.73 Å². The van der Waals surface area contributed by atoms with Gasteiger partial charge in [0.15, 0.2) is 0 Å². The monoisotopic (exact) mass is 282 g/mol. The smallest absolute Gasteiger partial charge is 0.0227 e. The number of benzene rings is 2. The van der Waals surface area contributed by atoms with E-state index in [9.17, 15) is 0 Å². The highest BCUT2D eigenvalue weighted by atomic mass is 15.0. The van der Waals surface area contributed by atoms with E-state index in [0.717, 1.165) is 19.5 Å². The average molecular weight is 282 g/mol. The minimum atomic E-state index is 0.517. The van der Waals surface area contributed by atoms with E-state index in [1.54, 1.807) is 0 Å². The molecule has 0 aliphatic heterocycles. The molecule has 0 aliphatic carbocycles. The van der Waals surface area contributed by atoms with Crippen molar-refractivity contribution in [2.45, 2.75) is 25.8 Å². The first-order valence-electron chi connectivity index (χ1n) is 7.64. The standard InChI is InChI=1S/C19H26N2/c1-15(11-12-20)18-5-4-6-19(13-18)17-9-7-16(8-10-17)14-21(2)3/h4-10,13,15H,11-12,14,20H2,1-3H3. The van der Waals surface area contributed by atoms with Crippen molar-refractivity contribution in [3.05, 3.63) is 59.7 Å². The summed E-state index contributed by atoms with van der Waals surface area (Å²) in [5.74, 6) is 0.517. The lowest BCUT2D eigenvalue weighted by molar-refractivity contribution is 0.402. The zero-order valence-corrected chi connectivity index (χ0v) is 13.3. The van der Waals surface area contributed by atoms with Crippen molar-refractivity contribution in [1.82, 2.24) is 4.90 Å². The number of hydrogen-bond acceptors (Lipinski definition) is 2. The Balaban J connectivity index is 2.19. The highest BCUT2D eigenvalue weighted by Crippen LogP contribution is 2.25. The van der Waals surface area contributed by atoms with Crippen molar-refractivity contribution in [1.29, 1.82) is 0 Å². The van der Waals surface area contributed by atoms with Crippen molar-refractivity contribution in [2.75, 3.05) is 20.6 Å². The first kappa shape index (κ1) is 15.7. The van der Waals surface area contributed by atoms with Gasteiger partial charge in [0.2, 0.25) is 0 Å². The van der Waals surface area contributed by atoms with Crippen LogP contribution in [0.3, 0.4) is 0 Å². The fourth-order valence-electron chi connectivity index (χ4n) is 2.61. The fraction of sp³-hybridized carbons (Fsp3) is 0.368. The molecule has 2 nitrogen and oxygen atoms in total. The first-order valence-corrected chi connectivity index (χ1v) is 7.64. The maximum absolute atomic E-state index is 5.67. The molecule has 0 saturated carbocycles. The third kappa shape index (κ3) is 4.42. The lowest BCUT2D eigenvalue weighted by Gasteiger charge is -2.13. The molecule has 0 heterocycles. The van der Waals surface area contributed by atoms with Gasteiger partial charge in [0.25, 0.3) is 0 Å². The summed E-state index contributed by atoms with van der Waals surface area (Å²) < 4.78 is 0. The minimum absolute atomic E-state index is 0.517. The van der Waals surface area contributed by atoms with Gasteiger partial charge < -0.3 is 10.6 Å². The lowest BCUT2D eigenvalue weighted by Crippen LogP contribution is -2.10. The lowest BCUT2D eigenvalue weighted by atomic mass is 9.94. The van der Waals surface area contributed by atoms with Gasteiger partial charge in [-0.2, -0.15) is 0 Å². The Morgan fingerprint density at radius 1 is 1.00 bits per heavy atom. The number of nitrogens with two attached hydrogens (primary N) is 1. The van der Waals surface area contributed by atoms with Crippen LogP contribution in [0.15, 0.2) is 48.5 Å². The average Bonchev–Trinajstić information content (AvgIpc) is 2.48. The number of rotatable bonds is 6. The molecule has 0 aromatic heterocycles. The van der Waals surface area contributed by atoms with Crippen LogP contribution in [0.2, 0.25) is 0 Å². The van der Waals surface area contributed by atoms with Crippen molar-refractivity contribution >= 4 is 0 Å². The van der Waals surface area contributed by atoms with Gasteiger partial charge in [0.05, 0.1) is 0 Å². The molecule has 0 amide bonds. The summed E-state index contributed by atoms with van der Waals surface area (Å²) >= 11 is 0. The van der Waals surface area contributed by atoms with Crippen LogP contribution in [0.1, 0.15) is 30.4 Å². The molecule has 0 saturated heterocycles. The quantitative estimate of drug-likeness (QED) is 0.871. The van der Waals surface area contributed by atoms with Crippen LogP contribution in [0, 0.1) is 0 Å². The molecule has 2 aromatic rings. The Labute approximate surface area is 128 Å². The normalized spacial score (nSPS) is 12.6. The van der Waals surface area contributed by atoms with E-state index >= 15 is 0 Å². The Bertz CT molecular complexity index is 558. The Hall–Kier alpha value is -1.64. The Morgan fingerprint density at radius 2 is 1.71 bits per heavy atom. The van der Waals surface area contributed by atoms with Crippen LogP contribution in [-0.2, 0) is 6.54 Å². The summed E-state index contributed by atoms with van der Waals surface area (Å²) in [6.45, 7) is 3.96. The number of nitrogens with zero attached hydrogens (tertiary/aromatic N) is 1. The topological polar surface area (TPSA) is 29.3 Å². The largest absolute Gasteiger partial charge is 0.330 e. The van der Waals surface area contributed by atoms with E-state index < -0.39 is 0 Å². The highest BCUT2D eigenvalue weighted by Gasteiger charge is 2.06. The van der Waals surface area contributed by atoms with E-state index in [1.807, 2.05) is 0 Å². The second kappa shape index (κ2) is 7.39. The first-order chi connectivity index (χ1) is 10.1. The Morgan fingerprint density at radius 3 is 2.33 bits per heavy atom. The molecule has 2 aromatic carbocycles. The van der Waals surface area contributed by atoms with Gasteiger partial charge in [0, 0.05) is 6.54 Å². The highest BCUT2D eigenvalue weighted by molar-refractivity contribution is 5.64. The predicted molar refractivity (Wildman–Crippen MR) is 91.4 cm³/mol. The summed E-state index contributed by atoms with van der Waals surface area (Å²) in [6.07, 6.45) is 1.03. The molecule has 0 spiro atoms. The second-order valence-corrected chi connectivity index (χ2v) is 6.04. The van der Waals surface area contributed by atoms with E-state index in [0.29, 0.717) is 5.92 Å². The zero-order chi connectivity index (χ0) is 15.2. The molecule has 21 heavy (non-hydrogen) atoms. The molecule has 112 valence electrons. The second-order valence-electron chi connectivity index (χ2n) is 6.04. The van der Waals surface area contributed by atoms with E-state index in [1.165, 1.54) is 22.3 Å². The summed E-state index contributed by atoms with van der Waals surface area (Å²) in [5, 5.41) is 0. The maximum atomic E-state index is 5.67. The summed E-state index contributed by atoms with van der Waals surface area (Å²) in [4.78, 5) is 2.18. The molecule has 2 rings (SSSR count). The van der Waals surface area contributed by atoms with Crippen molar-refractivity contribution in [3.63, 3.8) is 0 Å². The SMILES string of the molecule is CC(CCN)c1cccc(-c2ccc(CN(C)C)cc2)c1. The van der Waals surface area contributed by atoms with Gasteiger partial charge in [-0.1, -0.05) is 55.5 Å². The van der Waals surface area contributed by atoms with Crippen molar-refractivity contribution in [3.8, 4) is 11.1 Å². The third-order valence-electron chi connectivity index (χ3n) is 3.84. The zero-order valence-electron chi connectivity index (χ0n) is 13.3. The van der Waals surface area contributed by atoms with Gasteiger partial charge in [-0.25, -0.2) is 0 Å². The molecule has 0 bridgehead atoms. The molecule has 0 aliphatic rings. The van der Waals surface area contributed by atoms with Crippen LogP contribution >= 0.6 is 0 Å². The molecule has 2 heteroatoms. The fourth-order valence-corrected chi connectivity index (χ4v) is 2.61. The summed E-state index contributed by atoms with van der Waals surface area (Å²) in [5.41, 5.74) is 10.9. The van der Waals surface area contributed by atoms with Crippen molar-refractivity contribution < 1.29 is 0 Å². The number of hydrogen-bond donors (Lipinski definition) is 1. The van der Waals surface area contributed by atoms with Crippen molar-refractivity contribution in [2.24, 2.45) is 5.73 Å². The third-order valence-corrected chi connectivity index (χ3v) is 3.84. The van der Waals surface area contributed by atoms with Gasteiger partial charge in [-0.05, 0) is 55.2 Å². The molecular weight excluding hydrogens is 256 g/mol. The summed E-state index contributed by atoms with van der Waals surface area (Å²) in [6, 6.07) is 17.7. The van der Waals surface area contributed by atoms with E-state index in [4.69, 9.17) is 5.73 Å². The molecule has 2 N–H and O–H groups in total. The van der Waals surface area contributed by atoms with Gasteiger partial charge in [-0.15, -0.1) is 0 Å². The van der Waals surface area contributed by atoms with E-state index in [2.05, 4.69) is 74.4 Å². The summed E-state index contributed by atoms with van der Waals surface area (Å²) in [7, 11) is 4.19. The van der Waals surface area contributed by atoms with Crippen LogP contribution in [-0.4, -0.2) is 25.5 Å². The minimum Gasteiger partial charge on any atom is -0.330 e. The van der Waals surface area contributed by atoms with Gasteiger partial charge in [-0.3, -0.25) is 0 Å². The van der Waals surface area contributed by atoms with Crippen LogP contribution in [0.5, 0.6) is 0 Å². The van der Waals surface area contributed by atoms with Gasteiger partial charge in [0.1, 0.15) is 0 Å². The molecule has 0 radical (unpaired) electrons. The molecular formula is C19H26N2. The maximum Gasteiger partial charge on any atom is 0.0227 e. The molecule has 0 fully saturated rings. The molecule has 1 atom stereocenters. The van der Waals surface area contributed by atoms with Crippen LogP contribution in [0.4, 0.5) is 0 Å². The van der Waals surface area contributed by atoms with E-state index in [-0.39, 0.29) is 0 Å². The van der Waals surface area contributed by atoms with Gasteiger partial charge >= 0.3 is 0 Å². The predicted octanol–water partition coefficient (Wildman–Crippen LogP) is 3.87.